The van der Waals surface area contributed by atoms with Crippen LogP contribution in [0.2, 0.25) is 0 Å². The third kappa shape index (κ3) is 1.49. The van der Waals surface area contributed by atoms with Crippen molar-refractivity contribution in [2.75, 3.05) is 5.73 Å². The highest BCUT2D eigenvalue weighted by atomic mass is 79.9. The highest BCUT2D eigenvalue weighted by molar-refractivity contribution is 9.10. The van der Waals surface area contributed by atoms with Gasteiger partial charge in [0.05, 0.1) is 15.7 Å². The molecule has 1 rings (SSSR count). The number of nitrogens with two attached hydrogens (primary N) is 1. The second-order valence-electron chi connectivity index (χ2n) is 1.97. The Bertz CT molecular complexity index is 330. The maximum absolute atomic E-state index is 12.7. The Morgan fingerprint density at radius 2 is 2.18 bits per heavy atom. The van der Waals surface area contributed by atoms with E-state index in [2.05, 4.69) is 15.9 Å². The molecule has 11 heavy (non-hydrogen) atoms. The summed E-state index contributed by atoms with van der Waals surface area (Å²) in [6.07, 6.45) is 0. The van der Waals surface area contributed by atoms with Gasteiger partial charge >= 0.3 is 0 Å². The molecule has 0 aliphatic carbocycles. The molecule has 0 spiro atoms. The fourth-order valence-electron chi connectivity index (χ4n) is 0.659. The van der Waals surface area contributed by atoms with E-state index in [9.17, 15) is 4.39 Å². The Morgan fingerprint density at radius 1 is 1.55 bits per heavy atom. The monoisotopic (exact) mass is 214 g/mol. The summed E-state index contributed by atoms with van der Waals surface area (Å²) >= 11 is 2.94. The molecule has 4 heteroatoms. The van der Waals surface area contributed by atoms with E-state index in [0.717, 1.165) is 6.07 Å². The fourth-order valence-corrected chi connectivity index (χ4v) is 1.02. The second kappa shape index (κ2) is 2.89. The van der Waals surface area contributed by atoms with Crippen molar-refractivity contribution in [3.8, 4) is 6.07 Å². The molecule has 0 aromatic heterocycles. The molecule has 0 heterocycles. The molecule has 2 nitrogen and oxygen atoms in total. The number of hydrogen-bond acceptors (Lipinski definition) is 2. The van der Waals surface area contributed by atoms with Crippen molar-refractivity contribution < 1.29 is 4.39 Å². The van der Waals surface area contributed by atoms with Gasteiger partial charge in [-0.25, -0.2) is 4.39 Å². The largest absolute Gasteiger partial charge is 0.398 e. The van der Waals surface area contributed by atoms with Gasteiger partial charge in [-0.3, -0.25) is 0 Å². The van der Waals surface area contributed by atoms with Crippen LogP contribution in [0.25, 0.3) is 0 Å². The topological polar surface area (TPSA) is 49.8 Å². The highest BCUT2D eigenvalue weighted by Crippen LogP contribution is 2.21. The van der Waals surface area contributed by atoms with Crippen molar-refractivity contribution in [3.63, 3.8) is 0 Å². The molecule has 1 aromatic carbocycles. The number of benzene rings is 1. The van der Waals surface area contributed by atoms with Crippen LogP contribution >= 0.6 is 15.9 Å². The van der Waals surface area contributed by atoms with Gasteiger partial charge in [-0.2, -0.15) is 5.26 Å². The summed E-state index contributed by atoms with van der Waals surface area (Å²) in [6.45, 7) is 0. The Labute approximate surface area is 71.6 Å². The Kier molecular flexibility index (Phi) is 2.11. The van der Waals surface area contributed by atoms with Gasteiger partial charge in [-0.15, -0.1) is 0 Å². The van der Waals surface area contributed by atoms with Crippen molar-refractivity contribution in [1.29, 1.82) is 5.26 Å². The van der Waals surface area contributed by atoms with Crippen molar-refractivity contribution >= 4 is 21.6 Å². The molecule has 0 amide bonds. The normalized spacial score (nSPS) is 9.18. The quantitative estimate of drug-likeness (QED) is 0.673. The number of hydrogen-bond donors (Lipinski definition) is 1. The molecule has 0 saturated carbocycles. The molecule has 0 radical (unpaired) electrons. The first-order valence-electron chi connectivity index (χ1n) is 2.79. The lowest BCUT2D eigenvalue weighted by Crippen LogP contribution is -1.91. The number of nitriles is 1. The Hall–Kier alpha value is -1.08. The van der Waals surface area contributed by atoms with Gasteiger partial charge < -0.3 is 5.73 Å². The molecule has 0 bridgehead atoms. The highest BCUT2D eigenvalue weighted by Gasteiger charge is 2.03. The van der Waals surface area contributed by atoms with Crippen LogP contribution < -0.4 is 5.73 Å². The first-order chi connectivity index (χ1) is 5.15. The second-order valence-corrected chi connectivity index (χ2v) is 2.82. The number of rotatable bonds is 0. The Morgan fingerprint density at radius 3 is 2.73 bits per heavy atom. The zero-order chi connectivity index (χ0) is 8.43. The lowest BCUT2D eigenvalue weighted by molar-refractivity contribution is 0.621. The van der Waals surface area contributed by atoms with Crippen LogP contribution in [-0.4, -0.2) is 0 Å². The average molecular weight is 215 g/mol. The lowest BCUT2D eigenvalue weighted by Gasteiger charge is -1.98. The lowest BCUT2D eigenvalue weighted by atomic mass is 10.2. The average Bonchev–Trinajstić information content (AvgIpc) is 1.97. The number of nitrogens with zero attached hydrogens (tertiary/aromatic N) is 1. The van der Waals surface area contributed by atoms with Crippen LogP contribution in [0.1, 0.15) is 5.56 Å². The van der Waals surface area contributed by atoms with Crippen molar-refractivity contribution in [3.05, 3.63) is 28.0 Å². The van der Waals surface area contributed by atoms with Crippen LogP contribution in [0.4, 0.5) is 10.1 Å². The van der Waals surface area contributed by atoms with Gasteiger partial charge in [0.1, 0.15) is 11.9 Å². The van der Waals surface area contributed by atoms with Gasteiger partial charge in [0.25, 0.3) is 0 Å². The van der Waals surface area contributed by atoms with E-state index < -0.39 is 5.82 Å². The molecule has 2 N–H and O–H groups in total. The molecule has 1 aromatic rings. The van der Waals surface area contributed by atoms with Gasteiger partial charge in [0, 0.05) is 0 Å². The fraction of sp³-hybridized carbons (Fsp3) is 0. The molecule has 0 atom stereocenters. The number of halogens is 2. The molecule has 56 valence electrons. The molecule has 0 aliphatic heterocycles. The predicted octanol–water partition coefficient (Wildman–Crippen LogP) is 2.04. The summed E-state index contributed by atoms with van der Waals surface area (Å²) in [4.78, 5) is 0. The third-order valence-corrected chi connectivity index (χ3v) is 1.82. The molecule has 0 unspecified atom stereocenters. The van der Waals surface area contributed by atoms with Crippen LogP contribution in [0.3, 0.4) is 0 Å². The smallest absolute Gasteiger partial charge is 0.138 e. The summed E-state index contributed by atoms with van der Waals surface area (Å²) in [7, 11) is 0. The zero-order valence-corrected chi connectivity index (χ0v) is 7.02. The first kappa shape index (κ1) is 8.02. The Balaban J connectivity index is 3.35. The molecule has 0 fully saturated rings. The summed E-state index contributed by atoms with van der Waals surface area (Å²) in [5.41, 5.74) is 5.82. The predicted molar refractivity (Wildman–Crippen MR) is 43.2 cm³/mol. The summed E-state index contributed by atoms with van der Waals surface area (Å²) < 4.78 is 13.0. The van der Waals surface area contributed by atoms with Gasteiger partial charge in [-0.1, -0.05) is 0 Å². The summed E-state index contributed by atoms with van der Waals surface area (Å²) in [6, 6.07) is 4.24. The van der Waals surface area contributed by atoms with Gasteiger partial charge in [0.15, 0.2) is 0 Å². The maximum atomic E-state index is 12.7. The molecule has 0 saturated heterocycles. The minimum atomic E-state index is -0.476. The van der Waals surface area contributed by atoms with E-state index in [0.29, 0.717) is 0 Å². The standard InChI is InChI=1S/C7H4BrFN2/c8-5-2-7(11)4(3-10)1-6(5)9/h1-2H,11H2. The number of nitrogen functional groups attached to an aromatic ring is 1. The minimum absolute atomic E-state index is 0.158. The number of anilines is 1. The maximum Gasteiger partial charge on any atom is 0.138 e. The molecular weight excluding hydrogens is 211 g/mol. The third-order valence-electron chi connectivity index (χ3n) is 1.21. The molecule has 0 aliphatic rings. The van der Waals surface area contributed by atoms with E-state index in [1.807, 2.05) is 0 Å². The first-order valence-corrected chi connectivity index (χ1v) is 3.59. The molecular formula is C7H4BrFN2. The van der Waals surface area contributed by atoms with Crippen molar-refractivity contribution in [1.82, 2.24) is 0 Å². The zero-order valence-electron chi connectivity index (χ0n) is 5.44. The summed E-state index contributed by atoms with van der Waals surface area (Å²) in [5.74, 6) is -0.476. The van der Waals surface area contributed by atoms with Crippen molar-refractivity contribution in [2.24, 2.45) is 0 Å². The van der Waals surface area contributed by atoms with Crippen LogP contribution in [-0.2, 0) is 0 Å². The van der Waals surface area contributed by atoms with Crippen molar-refractivity contribution in [2.45, 2.75) is 0 Å². The SMILES string of the molecule is N#Cc1cc(F)c(Br)cc1N. The van der Waals surface area contributed by atoms with Gasteiger partial charge in [0.2, 0.25) is 0 Å². The minimum Gasteiger partial charge on any atom is -0.398 e. The van der Waals surface area contributed by atoms with Crippen LogP contribution in [0.5, 0.6) is 0 Å². The summed E-state index contributed by atoms with van der Waals surface area (Å²) in [5, 5.41) is 8.42. The van der Waals surface area contributed by atoms with Gasteiger partial charge in [-0.05, 0) is 28.1 Å². The van der Waals surface area contributed by atoms with Crippen LogP contribution in [0.15, 0.2) is 16.6 Å². The van der Waals surface area contributed by atoms with E-state index >= 15 is 0 Å². The van der Waals surface area contributed by atoms with E-state index in [4.69, 9.17) is 11.0 Å². The van der Waals surface area contributed by atoms with E-state index in [1.54, 1.807) is 6.07 Å². The van der Waals surface area contributed by atoms with Crippen LogP contribution in [0, 0.1) is 17.1 Å². The van der Waals surface area contributed by atoms with E-state index in [1.165, 1.54) is 6.07 Å². The van der Waals surface area contributed by atoms with E-state index in [-0.39, 0.29) is 15.7 Å².